The van der Waals surface area contributed by atoms with Gasteiger partial charge in [0.05, 0.1) is 18.3 Å². The predicted octanol–water partition coefficient (Wildman–Crippen LogP) is 0.424. The molecule has 3 atom stereocenters. The molecule has 1 saturated carbocycles. The number of rotatable bonds is 3. The Morgan fingerprint density at radius 1 is 1.61 bits per heavy atom. The van der Waals surface area contributed by atoms with Gasteiger partial charge in [0.2, 0.25) is 5.91 Å². The molecule has 1 aliphatic carbocycles. The number of hydrogen-bond donors (Lipinski definition) is 2. The van der Waals surface area contributed by atoms with Crippen molar-refractivity contribution in [3.8, 4) is 0 Å². The largest absolute Gasteiger partial charge is 0.349 e. The summed E-state index contributed by atoms with van der Waals surface area (Å²) in [6, 6.07) is 1.95. The zero-order chi connectivity index (χ0) is 12.5. The van der Waals surface area contributed by atoms with Crippen molar-refractivity contribution >= 4 is 5.91 Å². The molecule has 1 amide bonds. The molecule has 1 aromatic heterocycles. The van der Waals surface area contributed by atoms with Crippen molar-refractivity contribution in [3.63, 3.8) is 0 Å². The molecule has 2 heterocycles. The number of nitrogens with zero attached hydrogens (tertiary/aromatic N) is 2. The minimum Gasteiger partial charge on any atom is -0.349 e. The lowest BCUT2D eigenvalue weighted by atomic mass is 9.93. The summed E-state index contributed by atoms with van der Waals surface area (Å²) in [5, 5.41) is 10.6. The van der Waals surface area contributed by atoms with Crippen LogP contribution in [0.5, 0.6) is 0 Å². The molecule has 3 rings (SSSR count). The van der Waals surface area contributed by atoms with Crippen LogP contribution in [0.3, 0.4) is 0 Å². The fraction of sp³-hybridized carbons (Fsp3) is 0.692. The number of aryl methyl sites for hydroxylation is 1. The van der Waals surface area contributed by atoms with Crippen molar-refractivity contribution in [2.45, 2.75) is 31.8 Å². The van der Waals surface area contributed by atoms with Gasteiger partial charge in [-0.25, -0.2) is 0 Å². The fourth-order valence-electron chi connectivity index (χ4n) is 3.32. The second-order valence-electron chi connectivity index (χ2n) is 5.44. The summed E-state index contributed by atoms with van der Waals surface area (Å²) >= 11 is 0. The van der Waals surface area contributed by atoms with Gasteiger partial charge >= 0.3 is 0 Å². The molecule has 1 aromatic rings. The third-order valence-electron chi connectivity index (χ3n) is 4.24. The van der Waals surface area contributed by atoms with E-state index in [1.165, 1.54) is 19.3 Å². The maximum Gasteiger partial charge on any atom is 0.237 e. The summed E-state index contributed by atoms with van der Waals surface area (Å²) in [7, 11) is 1.88. The Morgan fingerprint density at radius 3 is 3.28 bits per heavy atom. The van der Waals surface area contributed by atoms with E-state index in [1.807, 2.05) is 19.3 Å². The first-order valence-corrected chi connectivity index (χ1v) is 6.73. The van der Waals surface area contributed by atoms with Crippen LogP contribution in [0.25, 0.3) is 0 Å². The van der Waals surface area contributed by atoms with E-state index >= 15 is 0 Å². The van der Waals surface area contributed by atoms with Gasteiger partial charge in [0, 0.05) is 13.2 Å². The highest BCUT2D eigenvalue weighted by Crippen LogP contribution is 2.37. The molecule has 2 fully saturated rings. The Morgan fingerprint density at radius 2 is 2.50 bits per heavy atom. The van der Waals surface area contributed by atoms with E-state index in [9.17, 15) is 4.79 Å². The molecule has 0 radical (unpaired) electrons. The van der Waals surface area contributed by atoms with Gasteiger partial charge in [0.1, 0.15) is 0 Å². The molecule has 5 nitrogen and oxygen atoms in total. The number of aromatic nitrogens is 2. The maximum atomic E-state index is 12.2. The molecule has 2 N–H and O–H groups in total. The Hall–Kier alpha value is -1.36. The highest BCUT2D eigenvalue weighted by atomic mass is 16.2. The molecule has 0 aromatic carbocycles. The normalized spacial score (nSPS) is 30.4. The highest BCUT2D eigenvalue weighted by molar-refractivity contribution is 5.82. The zero-order valence-electron chi connectivity index (χ0n) is 10.7. The van der Waals surface area contributed by atoms with E-state index in [0.717, 1.165) is 18.2 Å². The Kier molecular flexibility index (Phi) is 3.07. The Balaban J connectivity index is 1.55. The number of hydrogen-bond acceptors (Lipinski definition) is 3. The molecule has 0 bridgehead atoms. The van der Waals surface area contributed by atoms with Gasteiger partial charge < -0.3 is 10.6 Å². The predicted molar refractivity (Wildman–Crippen MR) is 67.7 cm³/mol. The van der Waals surface area contributed by atoms with Crippen LogP contribution in [-0.2, 0) is 18.4 Å². The average molecular weight is 248 g/mol. The molecule has 1 aliphatic heterocycles. The van der Waals surface area contributed by atoms with E-state index in [4.69, 9.17) is 0 Å². The molecular weight excluding hydrogens is 228 g/mol. The Bertz CT molecular complexity index is 442. The first kappa shape index (κ1) is 11.7. The van der Waals surface area contributed by atoms with Crippen LogP contribution in [-0.4, -0.2) is 28.3 Å². The lowest BCUT2D eigenvalue weighted by Crippen LogP contribution is -2.43. The van der Waals surface area contributed by atoms with E-state index in [-0.39, 0.29) is 11.9 Å². The van der Waals surface area contributed by atoms with Crippen LogP contribution < -0.4 is 10.6 Å². The summed E-state index contributed by atoms with van der Waals surface area (Å²) in [5.74, 6) is 1.40. The number of nitrogens with one attached hydrogen (secondary N) is 2. The van der Waals surface area contributed by atoms with Gasteiger partial charge in [-0.15, -0.1) is 0 Å². The summed E-state index contributed by atoms with van der Waals surface area (Å²) in [6.45, 7) is 1.53. The summed E-state index contributed by atoms with van der Waals surface area (Å²) < 4.78 is 1.75. The summed E-state index contributed by atoms with van der Waals surface area (Å²) in [5.41, 5.74) is 0.909. The van der Waals surface area contributed by atoms with Crippen molar-refractivity contribution in [3.05, 3.63) is 18.0 Å². The molecule has 3 unspecified atom stereocenters. The molecule has 1 saturated heterocycles. The van der Waals surface area contributed by atoms with Gasteiger partial charge in [-0.1, -0.05) is 6.42 Å². The molecule has 18 heavy (non-hydrogen) atoms. The van der Waals surface area contributed by atoms with Crippen LogP contribution in [0, 0.1) is 11.8 Å². The van der Waals surface area contributed by atoms with Gasteiger partial charge in [-0.05, 0) is 37.3 Å². The smallest absolute Gasteiger partial charge is 0.237 e. The summed E-state index contributed by atoms with van der Waals surface area (Å²) in [4.78, 5) is 12.2. The lowest BCUT2D eigenvalue weighted by Gasteiger charge is -2.17. The first-order valence-electron chi connectivity index (χ1n) is 6.73. The first-order chi connectivity index (χ1) is 8.74. The van der Waals surface area contributed by atoms with Gasteiger partial charge in [0.15, 0.2) is 0 Å². The number of carbonyl (C=O) groups is 1. The molecule has 0 spiro atoms. The van der Waals surface area contributed by atoms with Gasteiger partial charge in [-0.2, -0.15) is 5.10 Å². The maximum absolute atomic E-state index is 12.2. The van der Waals surface area contributed by atoms with E-state index < -0.39 is 0 Å². The second-order valence-corrected chi connectivity index (χ2v) is 5.44. The van der Waals surface area contributed by atoms with Crippen LogP contribution in [0.15, 0.2) is 12.3 Å². The molecular formula is C13H20N4O. The Labute approximate surface area is 107 Å². The van der Waals surface area contributed by atoms with Crippen LogP contribution in [0.1, 0.15) is 25.0 Å². The SMILES string of the molecule is Cn1ccc(CNC(=O)C2NCC3CCCC32)n1. The minimum absolute atomic E-state index is 0.0150. The minimum atomic E-state index is 0.0150. The van der Waals surface area contributed by atoms with Gasteiger partial charge in [0.25, 0.3) is 0 Å². The number of amides is 1. The van der Waals surface area contributed by atoms with E-state index in [2.05, 4.69) is 15.7 Å². The molecule has 2 aliphatic rings. The second kappa shape index (κ2) is 4.72. The third-order valence-corrected chi connectivity index (χ3v) is 4.24. The van der Waals surface area contributed by atoms with Crippen LogP contribution in [0.2, 0.25) is 0 Å². The fourth-order valence-corrected chi connectivity index (χ4v) is 3.32. The van der Waals surface area contributed by atoms with Gasteiger partial charge in [-0.3, -0.25) is 9.48 Å². The van der Waals surface area contributed by atoms with Crippen molar-refractivity contribution in [1.29, 1.82) is 0 Å². The number of carbonyl (C=O) groups excluding carboxylic acids is 1. The van der Waals surface area contributed by atoms with E-state index in [0.29, 0.717) is 12.5 Å². The highest BCUT2D eigenvalue weighted by Gasteiger charge is 2.42. The van der Waals surface area contributed by atoms with Crippen LogP contribution >= 0.6 is 0 Å². The third kappa shape index (κ3) is 2.14. The van der Waals surface area contributed by atoms with E-state index in [1.54, 1.807) is 4.68 Å². The number of fused-ring (bicyclic) bond motifs is 1. The summed E-state index contributed by atoms with van der Waals surface area (Å²) in [6.07, 6.45) is 5.64. The van der Waals surface area contributed by atoms with Crippen molar-refractivity contribution < 1.29 is 4.79 Å². The van der Waals surface area contributed by atoms with Crippen molar-refractivity contribution in [2.75, 3.05) is 6.54 Å². The van der Waals surface area contributed by atoms with Crippen molar-refractivity contribution in [1.82, 2.24) is 20.4 Å². The molecule has 5 heteroatoms. The zero-order valence-corrected chi connectivity index (χ0v) is 10.7. The standard InChI is InChI=1S/C13H20N4O/c1-17-6-5-10(16-17)8-15-13(18)12-11-4-2-3-9(11)7-14-12/h5-6,9,11-12,14H,2-4,7-8H2,1H3,(H,15,18). The lowest BCUT2D eigenvalue weighted by molar-refractivity contribution is -0.124. The van der Waals surface area contributed by atoms with Crippen LogP contribution in [0.4, 0.5) is 0 Å². The quantitative estimate of drug-likeness (QED) is 0.815. The monoisotopic (exact) mass is 248 g/mol. The molecule has 98 valence electrons. The topological polar surface area (TPSA) is 59.0 Å². The average Bonchev–Trinajstić information content (AvgIpc) is 3.01. The van der Waals surface area contributed by atoms with Crippen molar-refractivity contribution in [2.24, 2.45) is 18.9 Å².